The molecule has 0 aliphatic carbocycles. The van der Waals surface area contributed by atoms with Crippen molar-refractivity contribution in [1.29, 1.82) is 0 Å². The molecule has 0 saturated carbocycles. The lowest BCUT2D eigenvalue weighted by atomic mass is 10.1. The van der Waals surface area contributed by atoms with E-state index in [-0.39, 0.29) is 32.6 Å². The van der Waals surface area contributed by atoms with E-state index in [0.29, 0.717) is 19.3 Å². The summed E-state index contributed by atoms with van der Waals surface area (Å²) in [6.45, 7) is 3.63. The van der Waals surface area contributed by atoms with Gasteiger partial charge in [0.2, 0.25) is 0 Å². The molecule has 0 spiro atoms. The molecular weight excluding hydrogens is 737 g/mol. The van der Waals surface area contributed by atoms with Crippen LogP contribution >= 0.6 is 7.82 Å². The molecule has 0 amide bonds. The molecule has 10 heteroatoms. The third-order valence-corrected chi connectivity index (χ3v) is 10.4. The number of hydrogen-bond donors (Lipinski definition) is 2. The third-order valence-electron chi connectivity index (χ3n) is 9.39. The van der Waals surface area contributed by atoms with E-state index < -0.39 is 32.5 Å². The van der Waals surface area contributed by atoms with Crippen molar-refractivity contribution in [3.8, 4) is 0 Å². The summed E-state index contributed by atoms with van der Waals surface area (Å²) in [7, 11) is -4.40. The Balaban J connectivity index is 4.27. The second kappa shape index (κ2) is 43.3. The molecule has 1 unspecified atom stereocenters. The van der Waals surface area contributed by atoms with Crippen LogP contribution in [-0.2, 0) is 32.7 Å². The molecule has 330 valence electrons. The molecule has 0 aliphatic rings. The van der Waals surface area contributed by atoms with Crippen molar-refractivity contribution in [2.24, 2.45) is 5.73 Å². The van der Waals surface area contributed by atoms with E-state index in [1.165, 1.54) is 116 Å². The number of ether oxygens (including phenoxy) is 2. The number of unbranched alkanes of at least 4 members (excludes halogenated alkanes) is 19. The summed E-state index contributed by atoms with van der Waals surface area (Å²) in [5.41, 5.74) is 5.34. The van der Waals surface area contributed by atoms with Gasteiger partial charge in [-0.25, -0.2) is 4.57 Å². The van der Waals surface area contributed by atoms with Crippen LogP contribution in [0, 0.1) is 0 Å². The highest BCUT2D eigenvalue weighted by atomic mass is 31.2. The molecule has 57 heavy (non-hydrogen) atoms. The first-order chi connectivity index (χ1) is 27.8. The van der Waals surface area contributed by atoms with E-state index in [2.05, 4.69) is 62.5 Å². The molecule has 0 heterocycles. The Kier molecular flexibility index (Phi) is 41.6. The van der Waals surface area contributed by atoms with Crippen molar-refractivity contribution in [2.45, 2.75) is 200 Å². The second-order valence-corrected chi connectivity index (χ2v) is 16.4. The van der Waals surface area contributed by atoms with Gasteiger partial charge >= 0.3 is 19.8 Å². The molecule has 0 fully saturated rings. The highest BCUT2D eigenvalue weighted by molar-refractivity contribution is 7.47. The number of carbonyl (C=O) groups is 2. The Morgan fingerprint density at radius 3 is 1.44 bits per heavy atom. The number of carbonyl (C=O) groups excluding carboxylic acids is 2. The number of rotatable bonds is 42. The van der Waals surface area contributed by atoms with Crippen LogP contribution in [0.2, 0.25) is 0 Å². The smallest absolute Gasteiger partial charge is 0.462 e. The molecule has 0 aromatic rings. The number of hydrogen-bond acceptors (Lipinski definition) is 8. The molecule has 2 atom stereocenters. The van der Waals surface area contributed by atoms with Crippen LogP contribution in [0.25, 0.3) is 0 Å². The van der Waals surface area contributed by atoms with Crippen LogP contribution in [0.15, 0.2) is 60.8 Å². The molecular formula is C47H84NO8P. The molecule has 3 N–H and O–H groups in total. The highest BCUT2D eigenvalue weighted by Gasteiger charge is 2.25. The fourth-order valence-electron chi connectivity index (χ4n) is 6.00. The van der Waals surface area contributed by atoms with Crippen molar-refractivity contribution in [3.63, 3.8) is 0 Å². The first-order valence-corrected chi connectivity index (χ1v) is 24.3. The minimum absolute atomic E-state index is 0.0390. The summed E-state index contributed by atoms with van der Waals surface area (Å²) < 4.78 is 32.7. The van der Waals surface area contributed by atoms with Gasteiger partial charge in [-0.05, 0) is 64.2 Å². The largest absolute Gasteiger partial charge is 0.472 e. The zero-order valence-electron chi connectivity index (χ0n) is 36.3. The van der Waals surface area contributed by atoms with E-state index in [0.717, 1.165) is 32.1 Å². The molecule has 0 rings (SSSR count). The van der Waals surface area contributed by atoms with Crippen LogP contribution in [-0.4, -0.2) is 49.3 Å². The summed E-state index contributed by atoms with van der Waals surface area (Å²) in [6.07, 6.45) is 51.3. The predicted molar refractivity (Wildman–Crippen MR) is 238 cm³/mol. The first-order valence-electron chi connectivity index (χ1n) is 22.8. The lowest BCUT2D eigenvalue weighted by Gasteiger charge is -2.19. The fourth-order valence-corrected chi connectivity index (χ4v) is 6.76. The number of esters is 2. The van der Waals surface area contributed by atoms with Gasteiger partial charge in [0.05, 0.1) is 13.2 Å². The summed E-state index contributed by atoms with van der Waals surface area (Å²) in [6, 6.07) is 0. The van der Waals surface area contributed by atoms with Crippen molar-refractivity contribution < 1.29 is 37.6 Å². The van der Waals surface area contributed by atoms with Gasteiger partial charge in [-0.1, -0.05) is 177 Å². The molecule has 9 nitrogen and oxygen atoms in total. The van der Waals surface area contributed by atoms with Gasteiger partial charge in [-0.3, -0.25) is 18.6 Å². The standard InChI is InChI=1S/C47H84NO8P/c1-3-5-7-9-11-13-15-17-19-20-21-22-23-24-26-28-30-32-34-36-38-40-47(50)56-45(44-55-57(51,52)54-42-41-48)43-53-46(49)39-37-35-33-31-29-27-25-18-16-14-12-10-8-6-4-2/h19-20,22-23,26,28,32-35,45H,3-18,21,24-25,27,29-31,36-44,48H2,1-2H3,(H,51,52)/b20-19+,23-22+,28-26+,34-32+,35-33+/t45-/m1/s1. The minimum atomic E-state index is -4.40. The molecule has 0 aromatic heterocycles. The van der Waals surface area contributed by atoms with Crippen LogP contribution in [0.4, 0.5) is 0 Å². The van der Waals surface area contributed by atoms with Crippen molar-refractivity contribution in [2.75, 3.05) is 26.4 Å². The normalized spacial score (nSPS) is 13.8. The number of phosphoric ester groups is 1. The lowest BCUT2D eigenvalue weighted by Crippen LogP contribution is -2.29. The summed E-state index contributed by atoms with van der Waals surface area (Å²) >= 11 is 0. The lowest BCUT2D eigenvalue weighted by molar-refractivity contribution is -0.161. The predicted octanol–water partition coefficient (Wildman–Crippen LogP) is 13.3. The van der Waals surface area contributed by atoms with Gasteiger partial charge in [0.25, 0.3) is 0 Å². The maximum Gasteiger partial charge on any atom is 0.472 e. The van der Waals surface area contributed by atoms with Gasteiger partial charge in [0.15, 0.2) is 6.10 Å². The average molecular weight is 822 g/mol. The zero-order valence-corrected chi connectivity index (χ0v) is 37.2. The van der Waals surface area contributed by atoms with Crippen LogP contribution in [0.5, 0.6) is 0 Å². The van der Waals surface area contributed by atoms with Crippen molar-refractivity contribution in [1.82, 2.24) is 0 Å². The summed E-state index contributed by atoms with van der Waals surface area (Å²) in [4.78, 5) is 34.8. The maximum absolute atomic E-state index is 12.6. The Labute approximate surface area is 349 Å². The summed E-state index contributed by atoms with van der Waals surface area (Å²) in [5.74, 6) is -0.952. The SMILES string of the molecule is CCCCCCCCC/C=C/C/C=C/C/C=C/C/C=C/CCCC(=O)O[C@H](COC(=O)CC/C=C/CCCCCCCCCCCCC)COP(=O)(O)OCCN. The van der Waals surface area contributed by atoms with E-state index in [9.17, 15) is 19.0 Å². The van der Waals surface area contributed by atoms with Gasteiger partial charge < -0.3 is 20.1 Å². The van der Waals surface area contributed by atoms with E-state index >= 15 is 0 Å². The van der Waals surface area contributed by atoms with Crippen LogP contribution in [0.3, 0.4) is 0 Å². The quantitative estimate of drug-likeness (QED) is 0.0267. The van der Waals surface area contributed by atoms with Crippen LogP contribution < -0.4 is 5.73 Å². The minimum Gasteiger partial charge on any atom is -0.462 e. The Morgan fingerprint density at radius 1 is 0.526 bits per heavy atom. The Hall–Kier alpha value is -2.29. The maximum atomic E-state index is 12.6. The van der Waals surface area contributed by atoms with E-state index in [1.807, 2.05) is 12.2 Å². The average Bonchev–Trinajstić information content (AvgIpc) is 3.20. The topological polar surface area (TPSA) is 134 Å². The monoisotopic (exact) mass is 822 g/mol. The fraction of sp³-hybridized carbons (Fsp3) is 0.745. The number of allylic oxidation sites excluding steroid dienone is 10. The molecule has 0 aromatic carbocycles. The van der Waals surface area contributed by atoms with Gasteiger partial charge in [-0.2, -0.15) is 0 Å². The van der Waals surface area contributed by atoms with E-state index in [4.69, 9.17) is 24.3 Å². The van der Waals surface area contributed by atoms with Gasteiger partial charge in [0, 0.05) is 19.4 Å². The Bertz CT molecular complexity index is 1120. The molecule has 0 saturated heterocycles. The number of nitrogens with two attached hydrogens (primary N) is 1. The molecule has 0 aliphatic heterocycles. The third kappa shape index (κ3) is 43.1. The zero-order chi connectivity index (χ0) is 41.8. The number of phosphoric acid groups is 1. The molecule has 0 bridgehead atoms. The van der Waals surface area contributed by atoms with Gasteiger partial charge in [-0.15, -0.1) is 0 Å². The van der Waals surface area contributed by atoms with Crippen molar-refractivity contribution >= 4 is 19.8 Å². The van der Waals surface area contributed by atoms with Crippen molar-refractivity contribution in [3.05, 3.63) is 60.8 Å². The first kappa shape index (κ1) is 54.7. The van der Waals surface area contributed by atoms with E-state index in [1.54, 1.807) is 0 Å². The van der Waals surface area contributed by atoms with Gasteiger partial charge in [0.1, 0.15) is 6.61 Å². The summed E-state index contributed by atoms with van der Waals surface area (Å²) in [5, 5.41) is 0. The highest BCUT2D eigenvalue weighted by Crippen LogP contribution is 2.43. The second-order valence-electron chi connectivity index (χ2n) is 14.9. The van der Waals surface area contributed by atoms with Crippen LogP contribution in [0.1, 0.15) is 194 Å². The molecule has 0 radical (unpaired) electrons. The Morgan fingerprint density at radius 2 is 0.947 bits per heavy atom.